The van der Waals surface area contributed by atoms with Gasteiger partial charge in [-0.1, -0.05) is 144 Å². The van der Waals surface area contributed by atoms with Crippen molar-refractivity contribution in [3.63, 3.8) is 0 Å². The second-order valence-corrected chi connectivity index (χ2v) is 16.0. The highest BCUT2D eigenvalue weighted by Crippen LogP contribution is 2.47. The number of esters is 2. The van der Waals surface area contributed by atoms with Crippen LogP contribution in [0.1, 0.15) is 129 Å². The molecule has 0 radical (unpaired) electrons. The number of aliphatic hydroxyl groups is 5. The molecule has 1 fully saturated rings. The van der Waals surface area contributed by atoms with E-state index < -0.39 is 75.7 Å². The molecular formula is C45H73O13P. The minimum atomic E-state index is -5.14. The van der Waals surface area contributed by atoms with Gasteiger partial charge in [0.15, 0.2) is 6.10 Å². The maximum atomic E-state index is 12.8. The fourth-order valence-corrected chi connectivity index (χ4v) is 6.85. The highest BCUT2D eigenvalue weighted by Gasteiger charge is 2.51. The molecule has 1 aliphatic rings. The molecule has 1 aliphatic carbocycles. The van der Waals surface area contributed by atoms with E-state index in [4.69, 9.17) is 18.5 Å². The molecule has 336 valence electrons. The molecule has 59 heavy (non-hydrogen) atoms. The van der Waals surface area contributed by atoms with E-state index in [1.54, 1.807) is 0 Å². The molecule has 0 spiro atoms. The highest BCUT2D eigenvalue weighted by atomic mass is 31.2. The van der Waals surface area contributed by atoms with Gasteiger partial charge in [-0.15, -0.1) is 0 Å². The molecule has 13 nitrogen and oxygen atoms in total. The molecule has 14 heteroatoms. The molecule has 0 aromatic heterocycles. The Bertz CT molecular complexity index is 1360. The van der Waals surface area contributed by atoms with Gasteiger partial charge in [-0.05, 0) is 57.8 Å². The lowest BCUT2D eigenvalue weighted by molar-refractivity contribution is -0.220. The second kappa shape index (κ2) is 34.7. The van der Waals surface area contributed by atoms with Gasteiger partial charge in [0.25, 0.3) is 0 Å². The number of carbonyl (C=O) groups is 2. The lowest BCUT2D eigenvalue weighted by atomic mass is 9.85. The van der Waals surface area contributed by atoms with Crippen LogP contribution in [0.5, 0.6) is 0 Å². The lowest BCUT2D eigenvalue weighted by Crippen LogP contribution is -2.64. The van der Waals surface area contributed by atoms with Crippen LogP contribution >= 0.6 is 7.82 Å². The van der Waals surface area contributed by atoms with Crippen molar-refractivity contribution in [2.24, 2.45) is 0 Å². The lowest BCUT2D eigenvalue weighted by Gasteiger charge is -2.41. The summed E-state index contributed by atoms with van der Waals surface area (Å²) in [6.07, 6.45) is 30.9. The SMILES string of the molecule is CC/C=C/C=C/C=C/C=C/C=C/CCCC(=O)OC(COC(=O)CCCCCCCCC/C=C/C/C=C/CCCCC)COP(=O)(O)OC1C(O)C(O)C(O)[C@H](O)C1O. The summed E-state index contributed by atoms with van der Waals surface area (Å²) < 4.78 is 33.3. The number of carbonyl (C=O) groups excluding carboxylic acids is 2. The Morgan fingerprint density at radius 2 is 1.05 bits per heavy atom. The molecule has 0 amide bonds. The molecule has 8 atom stereocenters. The number of ether oxygens (including phenoxy) is 2. The van der Waals surface area contributed by atoms with E-state index in [1.807, 2.05) is 54.7 Å². The van der Waals surface area contributed by atoms with Crippen LogP contribution in [0, 0.1) is 0 Å². The number of hydrogen-bond donors (Lipinski definition) is 6. The molecule has 0 saturated heterocycles. The Morgan fingerprint density at radius 1 is 0.559 bits per heavy atom. The molecule has 0 aromatic rings. The highest BCUT2D eigenvalue weighted by molar-refractivity contribution is 7.47. The van der Waals surface area contributed by atoms with E-state index in [1.165, 1.54) is 19.3 Å². The van der Waals surface area contributed by atoms with E-state index >= 15 is 0 Å². The van der Waals surface area contributed by atoms with E-state index in [0.717, 1.165) is 64.2 Å². The molecule has 1 rings (SSSR count). The first-order chi connectivity index (χ1) is 28.4. The Labute approximate surface area is 352 Å². The minimum absolute atomic E-state index is 0.00608. The number of hydrogen-bond acceptors (Lipinski definition) is 12. The Balaban J connectivity index is 2.54. The van der Waals surface area contributed by atoms with Crippen LogP contribution in [-0.2, 0) is 32.7 Å². The van der Waals surface area contributed by atoms with Crippen LogP contribution in [0.15, 0.2) is 85.1 Å². The number of phosphoric ester groups is 1. The van der Waals surface area contributed by atoms with Crippen LogP contribution in [-0.4, -0.2) is 98.3 Å². The third kappa shape index (κ3) is 27.5. The molecule has 0 aliphatic heterocycles. The molecule has 0 heterocycles. The maximum Gasteiger partial charge on any atom is 0.472 e. The maximum absolute atomic E-state index is 12.8. The molecule has 6 N–H and O–H groups in total. The van der Waals surface area contributed by atoms with Crippen molar-refractivity contribution in [3.05, 3.63) is 85.1 Å². The molecule has 0 aromatic carbocycles. The number of unbranched alkanes of at least 4 members (excludes halogenated alkanes) is 11. The number of phosphoric acid groups is 1. The van der Waals surface area contributed by atoms with Crippen molar-refractivity contribution in [2.45, 2.75) is 172 Å². The smallest absolute Gasteiger partial charge is 0.462 e. The van der Waals surface area contributed by atoms with Gasteiger partial charge in [-0.2, -0.15) is 0 Å². The summed E-state index contributed by atoms with van der Waals surface area (Å²) in [5.41, 5.74) is 0. The normalized spacial score (nSPS) is 23.2. The van der Waals surface area contributed by atoms with Crippen molar-refractivity contribution in [1.29, 1.82) is 0 Å². The number of aliphatic hydroxyl groups excluding tert-OH is 5. The zero-order valence-electron chi connectivity index (χ0n) is 35.3. The van der Waals surface area contributed by atoms with Gasteiger partial charge in [0.1, 0.15) is 43.2 Å². The van der Waals surface area contributed by atoms with Crippen LogP contribution in [0.2, 0.25) is 0 Å². The van der Waals surface area contributed by atoms with E-state index in [2.05, 4.69) is 44.2 Å². The van der Waals surface area contributed by atoms with Crippen molar-refractivity contribution in [1.82, 2.24) is 0 Å². The van der Waals surface area contributed by atoms with E-state index in [0.29, 0.717) is 19.3 Å². The zero-order valence-corrected chi connectivity index (χ0v) is 36.1. The number of allylic oxidation sites excluding steroid dienone is 14. The largest absolute Gasteiger partial charge is 0.472 e. The van der Waals surface area contributed by atoms with Gasteiger partial charge in [0.2, 0.25) is 0 Å². The van der Waals surface area contributed by atoms with Gasteiger partial charge in [0, 0.05) is 12.8 Å². The van der Waals surface area contributed by atoms with Crippen LogP contribution < -0.4 is 0 Å². The van der Waals surface area contributed by atoms with E-state index in [-0.39, 0.29) is 12.8 Å². The summed E-state index contributed by atoms with van der Waals surface area (Å²) >= 11 is 0. The van der Waals surface area contributed by atoms with E-state index in [9.17, 15) is 44.6 Å². The first-order valence-corrected chi connectivity index (χ1v) is 23.0. The molecular weight excluding hydrogens is 779 g/mol. The summed E-state index contributed by atoms with van der Waals surface area (Å²) in [4.78, 5) is 35.6. The standard InChI is InChI=1S/C45H73O13P/c1-3-5-7-9-11-13-15-17-18-19-20-22-23-25-27-29-31-33-38(46)55-35-37(36-56-59(53,54)58-45-43(51)41(49)40(48)42(50)44(45)52)57-39(47)34-32-30-28-26-24-21-16-14-12-10-8-6-4-2/h6,8,10-14,16-18,21,24,26,28,37,40-45,48-52H,3-5,7,9,15,19-20,22-23,25,27,29-36H2,1-2H3,(H,53,54)/b8-6+,12-10+,13-11+,16-14+,18-17+,24-21+,28-26+/t37?,40?,41-,42?,43?,44?,45?/m0/s1. The Morgan fingerprint density at radius 3 is 1.64 bits per heavy atom. The van der Waals surface area contributed by atoms with Crippen LogP contribution in [0.3, 0.4) is 0 Å². The van der Waals surface area contributed by atoms with Gasteiger partial charge in [-0.3, -0.25) is 18.6 Å². The summed E-state index contributed by atoms with van der Waals surface area (Å²) in [5.74, 6) is -1.21. The topological polar surface area (TPSA) is 210 Å². The first-order valence-electron chi connectivity index (χ1n) is 21.5. The summed E-state index contributed by atoms with van der Waals surface area (Å²) in [5, 5.41) is 50.0. The van der Waals surface area contributed by atoms with Gasteiger partial charge in [0.05, 0.1) is 6.61 Å². The van der Waals surface area contributed by atoms with Crippen LogP contribution in [0.25, 0.3) is 0 Å². The summed E-state index contributed by atoms with van der Waals surface area (Å²) in [7, 11) is -5.14. The van der Waals surface area contributed by atoms with Crippen molar-refractivity contribution < 1.29 is 63.1 Å². The zero-order chi connectivity index (χ0) is 43.6. The molecule has 7 unspecified atom stereocenters. The molecule has 1 saturated carbocycles. The minimum Gasteiger partial charge on any atom is -0.462 e. The van der Waals surface area contributed by atoms with Crippen molar-refractivity contribution >= 4 is 19.8 Å². The van der Waals surface area contributed by atoms with Gasteiger partial charge in [-0.25, -0.2) is 4.57 Å². The third-order valence-corrected chi connectivity index (χ3v) is 10.3. The Hall–Kier alpha value is -2.97. The van der Waals surface area contributed by atoms with Crippen molar-refractivity contribution in [3.8, 4) is 0 Å². The average Bonchev–Trinajstić information content (AvgIpc) is 3.21. The van der Waals surface area contributed by atoms with Gasteiger partial charge >= 0.3 is 19.8 Å². The fraction of sp³-hybridized carbons (Fsp3) is 0.644. The first kappa shape index (κ1) is 54.0. The quantitative estimate of drug-likeness (QED) is 0.0123. The predicted octanol–water partition coefficient (Wildman–Crippen LogP) is 7.72. The fourth-order valence-electron chi connectivity index (χ4n) is 5.87. The summed E-state index contributed by atoms with van der Waals surface area (Å²) in [6.45, 7) is 3.03. The predicted molar refractivity (Wildman–Crippen MR) is 230 cm³/mol. The summed E-state index contributed by atoms with van der Waals surface area (Å²) in [6, 6.07) is 0. The van der Waals surface area contributed by atoms with Crippen molar-refractivity contribution in [2.75, 3.05) is 13.2 Å². The second-order valence-electron chi connectivity index (χ2n) is 14.6. The number of rotatable bonds is 33. The van der Waals surface area contributed by atoms with Crippen LogP contribution in [0.4, 0.5) is 0 Å². The Kier molecular flexibility index (Phi) is 31.8. The monoisotopic (exact) mass is 852 g/mol. The third-order valence-electron chi connectivity index (χ3n) is 9.35. The average molecular weight is 853 g/mol. The molecule has 0 bridgehead atoms. The van der Waals surface area contributed by atoms with Gasteiger partial charge < -0.3 is 39.9 Å².